The number of hydrogen-bond donors (Lipinski definition) is 0. The van der Waals surface area contributed by atoms with Crippen LogP contribution in [0.25, 0.3) is 11.0 Å². The number of benzene rings is 1. The lowest BCUT2D eigenvalue weighted by Gasteiger charge is -2.09. The van der Waals surface area contributed by atoms with Crippen LogP contribution >= 0.6 is 11.6 Å². The van der Waals surface area contributed by atoms with Crippen molar-refractivity contribution < 1.29 is 4.74 Å². The second-order valence-electron chi connectivity index (χ2n) is 5.73. The highest BCUT2D eigenvalue weighted by Crippen LogP contribution is 2.19. The standard InChI is InChI=1S/C19H16ClN5O/c20-15-11-22-19(26-10-8-14-5-3-4-9-21-14)24-17(15)12-25-13-23-16-6-1-2-7-18(16)25/h1-7,9,11,13H,8,10,12H2. The third-order valence-electron chi connectivity index (χ3n) is 3.96. The Labute approximate surface area is 155 Å². The van der Waals surface area contributed by atoms with Gasteiger partial charge >= 0.3 is 6.01 Å². The van der Waals surface area contributed by atoms with Crippen molar-refractivity contribution in [2.45, 2.75) is 13.0 Å². The van der Waals surface area contributed by atoms with Crippen molar-refractivity contribution in [1.82, 2.24) is 24.5 Å². The summed E-state index contributed by atoms with van der Waals surface area (Å²) >= 11 is 6.27. The second-order valence-corrected chi connectivity index (χ2v) is 6.14. The number of pyridine rings is 1. The molecule has 26 heavy (non-hydrogen) atoms. The van der Waals surface area contributed by atoms with Crippen LogP contribution in [0.3, 0.4) is 0 Å². The molecule has 0 amide bonds. The van der Waals surface area contributed by atoms with Gasteiger partial charge in [0, 0.05) is 18.3 Å². The highest BCUT2D eigenvalue weighted by molar-refractivity contribution is 6.31. The van der Waals surface area contributed by atoms with Crippen molar-refractivity contribution in [2.75, 3.05) is 6.61 Å². The van der Waals surface area contributed by atoms with E-state index in [1.807, 2.05) is 47.0 Å². The lowest BCUT2D eigenvalue weighted by Crippen LogP contribution is -2.08. The van der Waals surface area contributed by atoms with Gasteiger partial charge in [-0.15, -0.1) is 0 Å². The van der Waals surface area contributed by atoms with Crippen LogP contribution in [0.15, 0.2) is 61.2 Å². The molecular formula is C19H16ClN5O. The van der Waals surface area contributed by atoms with Gasteiger partial charge in [-0.2, -0.15) is 4.98 Å². The molecule has 4 rings (SSSR count). The van der Waals surface area contributed by atoms with Crippen molar-refractivity contribution in [2.24, 2.45) is 0 Å². The summed E-state index contributed by atoms with van der Waals surface area (Å²) in [5, 5.41) is 0.500. The number of nitrogens with zero attached hydrogens (tertiary/aromatic N) is 5. The number of imidazole rings is 1. The van der Waals surface area contributed by atoms with E-state index in [1.54, 1.807) is 18.7 Å². The van der Waals surface area contributed by atoms with Crippen LogP contribution in [-0.2, 0) is 13.0 Å². The molecule has 0 N–H and O–H groups in total. The Kier molecular flexibility index (Phi) is 4.75. The van der Waals surface area contributed by atoms with Gasteiger partial charge in [-0.05, 0) is 24.3 Å². The molecule has 1 aromatic carbocycles. The molecule has 0 aliphatic carbocycles. The fourth-order valence-corrected chi connectivity index (χ4v) is 2.81. The minimum Gasteiger partial charge on any atom is -0.463 e. The smallest absolute Gasteiger partial charge is 0.316 e. The zero-order valence-corrected chi connectivity index (χ0v) is 14.7. The molecule has 0 aliphatic rings. The van der Waals surface area contributed by atoms with E-state index in [2.05, 4.69) is 19.9 Å². The van der Waals surface area contributed by atoms with Crippen LogP contribution < -0.4 is 4.74 Å². The van der Waals surface area contributed by atoms with E-state index in [1.165, 1.54) is 0 Å². The summed E-state index contributed by atoms with van der Waals surface area (Å²) in [6, 6.07) is 14.0. The van der Waals surface area contributed by atoms with Gasteiger partial charge in [0.2, 0.25) is 0 Å². The molecule has 6 nitrogen and oxygen atoms in total. The van der Waals surface area contributed by atoms with E-state index >= 15 is 0 Å². The first-order valence-corrected chi connectivity index (χ1v) is 8.61. The van der Waals surface area contributed by atoms with Gasteiger partial charge in [-0.1, -0.05) is 29.8 Å². The van der Waals surface area contributed by atoms with Crippen LogP contribution in [0.1, 0.15) is 11.4 Å². The molecule has 3 heterocycles. The molecule has 0 spiro atoms. The number of aromatic nitrogens is 5. The van der Waals surface area contributed by atoms with Crippen LogP contribution in [-0.4, -0.2) is 31.1 Å². The maximum absolute atomic E-state index is 6.27. The van der Waals surface area contributed by atoms with Crippen LogP contribution in [0.5, 0.6) is 6.01 Å². The van der Waals surface area contributed by atoms with Crippen molar-refractivity contribution >= 4 is 22.6 Å². The molecule has 0 aliphatic heterocycles. The normalized spacial score (nSPS) is 11.0. The molecule has 4 aromatic rings. The molecule has 0 saturated heterocycles. The summed E-state index contributed by atoms with van der Waals surface area (Å²) in [5.41, 5.74) is 3.62. The molecule has 0 fully saturated rings. The van der Waals surface area contributed by atoms with E-state index in [0.717, 1.165) is 16.7 Å². The quantitative estimate of drug-likeness (QED) is 0.523. The number of para-hydroxylation sites is 2. The van der Waals surface area contributed by atoms with Crippen molar-refractivity contribution in [3.8, 4) is 6.01 Å². The number of fused-ring (bicyclic) bond motifs is 1. The molecule has 3 aromatic heterocycles. The molecule has 0 bridgehead atoms. The highest BCUT2D eigenvalue weighted by atomic mass is 35.5. The zero-order valence-electron chi connectivity index (χ0n) is 13.9. The van der Waals surface area contributed by atoms with Crippen LogP contribution in [0.4, 0.5) is 0 Å². The van der Waals surface area contributed by atoms with Gasteiger partial charge in [0.25, 0.3) is 0 Å². The minimum atomic E-state index is 0.310. The number of halogens is 1. The van der Waals surface area contributed by atoms with E-state index in [-0.39, 0.29) is 0 Å². The monoisotopic (exact) mass is 365 g/mol. The molecule has 0 unspecified atom stereocenters. The third kappa shape index (κ3) is 3.65. The van der Waals surface area contributed by atoms with Gasteiger partial charge in [-0.3, -0.25) is 4.98 Å². The second kappa shape index (κ2) is 7.49. The summed E-state index contributed by atoms with van der Waals surface area (Å²) in [4.78, 5) is 17.3. The Morgan fingerprint density at radius 3 is 2.77 bits per heavy atom. The molecule has 130 valence electrons. The summed E-state index contributed by atoms with van der Waals surface area (Å²) in [7, 11) is 0. The first-order valence-electron chi connectivity index (χ1n) is 8.23. The maximum Gasteiger partial charge on any atom is 0.316 e. The Bertz CT molecular complexity index is 1020. The zero-order chi connectivity index (χ0) is 17.8. The van der Waals surface area contributed by atoms with Crippen LogP contribution in [0.2, 0.25) is 5.02 Å². The topological polar surface area (TPSA) is 65.7 Å². The predicted octanol–water partition coefficient (Wildman–Crippen LogP) is 3.54. The van der Waals surface area contributed by atoms with Gasteiger partial charge in [0.05, 0.1) is 47.4 Å². The van der Waals surface area contributed by atoms with Gasteiger partial charge in [-0.25, -0.2) is 9.97 Å². The van der Waals surface area contributed by atoms with Crippen LogP contribution in [0, 0.1) is 0 Å². The van der Waals surface area contributed by atoms with Crippen molar-refractivity contribution in [3.05, 3.63) is 77.6 Å². The molecule has 0 saturated carbocycles. The van der Waals surface area contributed by atoms with Gasteiger partial charge in [0.1, 0.15) is 0 Å². The summed E-state index contributed by atoms with van der Waals surface area (Å²) in [5.74, 6) is 0. The van der Waals surface area contributed by atoms with Crippen molar-refractivity contribution in [1.29, 1.82) is 0 Å². The highest BCUT2D eigenvalue weighted by Gasteiger charge is 2.10. The van der Waals surface area contributed by atoms with Gasteiger partial charge < -0.3 is 9.30 Å². The number of hydrogen-bond acceptors (Lipinski definition) is 5. The lowest BCUT2D eigenvalue weighted by atomic mass is 10.3. The molecule has 0 radical (unpaired) electrons. The lowest BCUT2D eigenvalue weighted by molar-refractivity contribution is 0.294. The van der Waals surface area contributed by atoms with E-state index in [4.69, 9.17) is 16.3 Å². The summed E-state index contributed by atoms with van der Waals surface area (Å²) < 4.78 is 7.67. The summed E-state index contributed by atoms with van der Waals surface area (Å²) in [6.07, 6.45) is 5.81. The fourth-order valence-electron chi connectivity index (χ4n) is 2.66. The minimum absolute atomic E-state index is 0.310. The van der Waals surface area contributed by atoms with Gasteiger partial charge in [0.15, 0.2) is 0 Å². The molecule has 0 atom stereocenters. The van der Waals surface area contributed by atoms with Crippen molar-refractivity contribution in [3.63, 3.8) is 0 Å². The number of ether oxygens (including phenoxy) is 1. The SMILES string of the molecule is Clc1cnc(OCCc2ccccn2)nc1Cn1cnc2ccccc21. The third-order valence-corrected chi connectivity index (χ3v) is 4.27. The Balaban J connectivity index is 1.47. The first kappa shape index (κ1) is 16.5. The predicted molar refractivity (Wildman–Crippen MR) is 99.3 cm³/mol. The largest absolute Gasteiger partial charge is 0.463 e. The molecule has 7 heteroatoms. The average molecular weight is 366 g/mol. The Hall–Kier alpha value is -2.99. The Morgan fingerprint density at radius 2 is 1.88 bits per heavy atom. The Morgan fingerprint density at radius 1 is 1.00 bits per heavy atom. The first-order chi connectivity index (χ1) is 12.8. The fraction of sp³-hybridized carbons (Fsp3) is 0.158. The van der Waals surface area contributed by atoms with E-state index in [9.17, 15) is 0 Å². The van der Waals surface area contributed by atoms with E-state index < -0.39 is 0 Å². The number of rotatable bonds is 6. The molecular weight excluding hydrogens is 350 g/mol. The summed E-state index contributed by atoms with van der Waals surface area (Å²) in [6.45, 7) is 0.949. The average Bonchev–Trinajstić information content (AvgIpc) is 3.08. The van der Waals surface area contributed by atoms with E-state index in [0.29, 0.717) is 36.3 Å². The maximum atomic E-state index is 6.27.